The third-order valence-electron chi connectivity index (χ3n) is 3.99. The molecule has 1 heterocycles. The molecule has 1 aromatic rings. The van der Waals surface area contributed by atoms with Gasteiger partial charge >= 0.3 is 0 Å². The predicted octanol–water partition coefficient (Wildman–Crippen LogP) is 5.11. The van der Waals surface area contributed by atoms with Crippen LogP contribution in [0.15, 0.2) is 31.1 Å². The summed E-state index contributed by atoms with van der Waals surface area (Å²) in [7, 11) is 0. The first-order valence-electron chi connectivity index (χ1n) is 8.42. The number of rotatable bonds is 10. The van der Waals surface area contributed by atoms with Gasteiger partial charge in [-0.2, -0.15) is 0 Å². The maximum Gasteiger partial charge on any atom is 0.147 e. The predicted molar refractivity (Wildman–Crippen MR) is 97.1 cm³/mol. The maximum absolute atomic E-state index is 4.58. The molecule has 0 bridgehead atoms. The van der Waals surface area contributed by atoms with Gasteiger partial charge in [0.05, 0.1) is 18.1 Å². The number of hydrogen-bond acceptors (Lipinski definition) is 3. The van der Waals surface area contributed by atoms with Crippen molar-refractivity contribution >= 4 is 11.4 Å². The summed E-state index contributed by atoms with van der Waals surface area (Å²) in [5, 5.41) is 0. The zero-order chi connectivity index (χ0) is 16.5. The molecule has 0 atom stereocenters. The van der Waals surface area contributed by atoms with E-state index in [1.165, 1.54) is 5.57 Å². The first-order valence-corrected chi connectivity index (χ1v) is 8.42. The van der Waals surface area contributed by atoms with Gasteiger partial charge in [0.25, 0.3) is 0 Å². The van der Waals surface area contributed by atoms with Crippen molar-refractivity contribution in [2.24, 2.45) is 5.92 Å². The minimum absolute atomic E-state index is 0.568. The van der Waals surface area contributed by atoms with E-state index in [2.05, 4.69) is 55.7 Å². The monoisotopic (exact) mass is 301 g/mol. The van der Waals surface area contributed by atoms with Crippen LogP contribution in [0.3, 0.4) is 0 Å². The van der Waals surface area contributed by atoms with Gasteiger partial charge in [-0.15, -0.1) is 0 Å². The number of aromatic nitrogens is 2. The highest BCUT2D eigenvalue weighted by atomic mass is 15.2. The van der Waals surface area contributed by atoms with Gasteiger partial charge in [-0.3, -0.25) is 4.98 Å². The molecule has 0 amide bonds. The first kappa shape index (κ1) is 18.4. The SMILES string of the molecule is C=C(CC)c1cnc(N(CCC)CCCC(=C)C(C)C)cn1. The topological polar surface area (TPSA) is 29.0 Å². The molecule has 0 aliphatic rings. The third-order valence-corrected chi connectivity index (χ3v) is 3.99. The van der Waals surface area contributed by atoms with Crippen LogP contribution in [0.5, 0.6) is 0 Å². The quantitative estimate of drug-likeness (QED) is 0.562. The second-order valence-electron chi connectivity index (χ2n) is 6.12. The van der Waals surface area contributed by atoms with Crippen molar-refractivity contribution in [3.05, 3.63) is 36.8 Å². The van der Waals surface area contributed by atoms with Crippen LogP contribution in [0, 0.1) is 5.92 Å². The molecule has 22 heavy (non-hydrogen) atoms. The van der Waals surface area contributed by atoms with E-state index < -0.39 is 0 Å². The Labute approximate surface area is 136 Å². The average Bonchev–Trinajstić information content (AvgIpc) is 2.53. The van der Waals surface area contributed by atoms with Crippen LogP contribution in [0.4, 0.5) is 5.82 Å². The van der Waals surface area contributed by atoms with E-state index in [1.807, 2.05) is 12.4 Å². The Balaban J connectivity index is 2.66. The minimum Gasteiger partial charge on any atom is -0.355 e. The Kier molecular flexibility index (Phi) is 7.86. The van der Waals surface area contributed by atoms with Crippen LogP contribution in [-0.4, -0.2) is 23.1 Å². The van der Waals surface area contributed by atoms with E-state index in [0.717, 1.165) is 55.9 Å². The summed E-state index contributed by atoms with van der Waals surface area (Å²) in [6.45, 7) is 18.9. The van der Waals surface area contributed by atoms with Gasteiger partial charge in [-0.25, -0.2) is 4.98 Å². The molecule has 122 valence electrons. The van der Waals surface area contributed by atoms with Gasteiger partial charge in [0.2, 0.25) is 0 Å². The fraction of sp³-hybridized carbons (Fsp3) is 0.579. The highest BCUT2D eigenvalue weighted by Crippen LogP contribution is 2.18. The fourth-order valence-corrected chi connectivity index (χ4v) is 2.24. The normalized spacial score (nSPS) is 10.8. The summed E-state index contributed by atoms with van der Waals surface area (Å²) in [5.41, 5.74) is 3.27. The van der Waals surface area contributed by atoms with Gasteiger partial charge in [-0.05, 0) is 37.2 Å². The fourth-order valence-electron chi connectivity index (χ4n) is 2.24. The van der Waals surface area contributed by atoms with Crippen LogP contribution < -0.4 is 4.90 Å². The molecule has 0 spiro atoms. The number of anilines is 1. The third kappa shape index (κ3) is 5.63. The van der Waals surface area contributed by atoms with Crippen LogP contribution in [0.2, 0.25) is 0 Å². The van der Waals surface area contributed by atoms with E-state index in [0.29, 0.717) is 5.92 Å². The number of nitrogens with zero attached hydrogens (tertiary/aromatic N) is 3. The second-order valence-corrected chi connectivity index (χ2v) is 6.12. The van der Waals surface area contributed by atoms with Gasteiger partial charge in [0, 0.05) is 13.1 Å². The van der Waals surface area contributed by atoms with Crippen molar-refractivity contribution in [2.45, 2.75) is 53.4 Å². The molecule has 0 aliphatic heterocycles. The zero-order valence-electron chi connectivity index (χ0n) is 14.7. The van der Waals surface area contributed by atoms with E-state index in [9.17, 15) is 0 Å². The summed E-state index contributed by atoms with van der Waals surface area (Å²) >= 11 is 0. The Hall–Kier alpha value is -1.64. The standard InChI is InChI=1S/C19H31N3/c1-7-11-22(12-9-10-17(6)15(3)4)19-14-20-18(13-21-19)16(5)8-2/h13-15H,5-12H2,1-4H3. The van der Waals surface area contributed by atoms with Crippen molar-refractivity contribution < 1.29 is 0 Å². The molecule has 3 nitrogen and oxygen atoms in total. The Bertz CT molecular complexity index is 474. The lowest BCUT2D eigenvalue weighted by molar-refractivity contribution is 0.656. The Morgan fingerprint density at radius 3 is 2.36 bits per heavy atom. The molecule has 0 radical (unpaired) electrons. The van der Waals surface area contributed by atoms with Crippen molar-refractivity contribution in [3.8, 4) is 0 Å². The Morgan fingerprint density at radius 1 is 1.14 bits per heavy atom. The summed E-state index contributed by atoms with van der Waals surface area (Å²) in [6, 6.07) is 0. The summed E-state index contributed by atoms with van der Waals surface area (Å²) in [6.07, 6.45) is 7.93. The molecular formula is C19H31N3. The van der Waals surface area contributed by atoms with Gasteiger partial charge in [-0.1, -0.05) is 46.4 Å². The van der Waals surface area contributed by atoms with Crippen molar-refractivity contribution in [1.29, 1.82) is 0 Å². The summed E-state index contributed by atoms with van der Waals surface area (Å²) in [4.78, 5) is 11.4. The highest BCUT2D eigenvalue weighted by Gasteiger charge is 2.09. The van der Waals surface area contributed by atoms with E-state index in [4.69, 9.17) is 0 Å². The van der Waals surface area contributed by atoms with Crippen molar-refractivity contribution in [1.82, 2.24) is 9.97 Å². The summed E-state index contributed by atoms with van der Waals surface area (Å²) in [5.74, 6) is 1.53. The molecule has 0 aliphatic carbocycles. The lowest BCUT2D eigenvalue weighted by Crippen LogP contribution is -2.26. The lowest BCUT2D eigenvalue weighted by Gasteiger charge is -2.23. The van der Waals surface area contributed by atoms with Crippen molar-refractivity contribution in [2.75, 3.05) is 18.0 Å². The highest BCUT2D eigenvalue weighted by molar-refractivity contribution is 5.59. The largest absolute Gasteiger partial charge is 0.355 e. The first-order chi connectivity index (χ1) is 10.5. The van der Waals surface area contributed by atoms with Gasteiger partial charge in [0.1, 0.15) is 5.82 Å². The number of hydrogen-bond donors (Lipinski definition) is 0. The molecule has 0 saturated heterocycles. The molecule has 0 N–H and O–H groups in total. The van der Waals surface area contributed by atoms with Crippen molar-refractivity contribution in [3.63, 3.8) is 0 Å². The molecule has 0 fully saturated rings. The minimum atomic E-state index is 0.568. The number of allylic oxidation sites excluding steroid dienone is 2. The Morgan fingerprint density at radius 2 is 1.86 bits per heavy atom. The second kappa shape index (κ2) is 9.39. The van der Waals surface area contributed by atoms with Gasteiger partial charge in [0.15, 0.2) is 0 Å². The van der Waals surface area contributed by atoms with E-state index in [1.54, 1.807) is 0 Å². The smallest absolute Gasteiger partial charge is 0.147 e. The average molecular weight is 301 g/mol. The van der Waals surface area contributed by atoms with Crippen LogP contribution in [0.25, 0.3) is 5.57 Å². The van der Waals surface area contributed by atoms with Crippen LogP contribution in [0.1, 0.15) is 59.1 Å². The molecule has 1 rings (SSSR count). The molecular weight excluding hydrogens is 270 g/mol. The zero-order valence-corrected chi connectivity index (χ0v) is 14.7. The molecule has 0 aromatic carbocycles. The van der Waals surface area contributed by atoms with E-state index >= 15 is 0 Å². The van der Waals surface area contributed by atoms with E-state index in [-0.39, 0.29) is 0 Å². The van der Waals surface area contributed by atoms with Crippen LogP contribution >= 0.6 is 0 Å². The lowest BCUT2D eigenvalue weighted by atomic mass is 10.0. The molecule has 0 saturated carbocycles. The molecule has 0 unspecified atom stereocenters. The molecule has 3 heteroatoms. The summed E-state index contributed by atoms with van der Waals surface area (Å²) < 4.78 is 0. The van der Waals surface area contributed by atoms with Gasteiger partial charge < -0.3 is 4.90 Å². The molecule has 1 aromatic heterocycles. The van der Waals surface area contributed by atoms with Crippen LogP contribution in [-0.2, 0) is 0 Å². The maximum atomic E-state index is 4.58.